The van der Waals surface area contributed by atoms with Gasteiger partial charge in [-0.05, 0) is 77.9 Å². The van der Waals surface area contributed by atoms with E-state index >= 15 is 0 Å². The zero-order valence-corrected chi connectivity index (χ0v) is 22.0. The Morgan fingerprint density at radius 2 is 1.62 bits per heavy atom. The Bertz CT molecular complexity index is 1480. The van der Waals surface area contributed by atoms with Crippen molar-refractivity contribution in [1.82, 2.24) is 4.90 Å². The number of amides is 2. The van der Waals surface area contributed by atoms with Gasteiger partial charge in [0, 0.05) is 11.8 Å². The minimum absolute atomic E-state index is 0.0596. The molecule has 2 heterocycles. The van der Waals surface area contributed by atoms with Crippen molar-refractivity contribution >= 4 is 23.6 Å². The van der Waals surface area contributed by atoms with Crippen molar-refractivity contribution in [2.75, 3.05) is 26.3 Å². The van der Waals surface area contributed by atoms with Gasteiger partial charge < -0.3 is 33.6 Å². The van der Waals surface area contributed by atoms with E-state index in [9.17, 15) is 9.59 Å². The molecule has 1 aliphatic rings. The Morgan fingerprint density at radius 1 is 0.925 bits per heavy atom. The van der Waals surface area contributed by atoms with E-state index in [4.69, 9.17) is 23.4 Å². The highest BCUT2D eigenvalue weighted by atomic mass is 16.7. The summed E-state index contributed by atoms with van der Waals surface area (Å²) in [6.07, 6.45) is 4.63. The number of carbonyl (C=O) groups is 2. The normalized spacial score (nSPS) is 12.7. The molecule has 0 bridgehead atoms. The van der Waals surface area contributed by atoms with Gasteiger partial charge in [0.2, 0.25) is 12.7 Å². The van der Waals surface area contributed by atoms with Crippen molar-refractivity contribution < 1.29 is 33.0 Å². The van der Waals surface area contributed by atoms with Crippen LogP contribution in [-0.2, 0) is 16.1 Å². The molecule has 5 rings (SSSR count). The summed E-state index contributed by atoms with van der Waals surface area (Å²) < 4.78 is 26.9. The molecule has 40 heavy (non-hydrogen) atoms. The zero-order valence-electron chi connectivity index (χ0n) is 22.0. The van der Waals surface area contributed by atoms with Crippen LogP contribution >= 0.6 is 0 Å². The molecule has 1 aliphatic heterocycles. The molecule has 4 aromatic rings. The lowest BCUT2D eigenvalue weighted by atomic mass is 10.0. The first kappa shape index (κ1) is 26.4. The molecule has 204 valence electrons. The predicted octanol–water partition coefficient (Wildman–Crippen LogP) is 5.45. The smallest absolute Gasteiger partial charge is 0.251 e. The molecular formula is C31H28N2O7. The lowest BCUT2D eigenvalue weighted by Gasteiger charge is -2.30. The number of fused-ring (bicyclic) bond motifs is 1. The summed E-state index contributed by atoms with van der Waals surface area (Å²) in [5.74, 6) is 2.29. The standard InChI is InChI=1S/C31H28N2O7/c1-36-24-11-7-22(8-12-24)30(31(35)32-23-9-13-25(37-2)14-10-23)33(19-26-4-3-17-38-26)29(34)16-6-21-5-15-27-28(18-21)40-20-39-27/h3-18,30H,19-20H2,1-2H3,(H,32,35)/b16-6+. The minimum atomic E-state index is -0.994. The van der Waals surface area contributed by atoms with Crippen molar-refractivity contribution in [1.29, 1.82) is 0 Å². The monoisotopic (exact) mass is 540 g/mol. The Hall–Kier alpha value is -5.18. The molecule has 2 amide bonds. The van der Waals surface area contributed by atoms with Crippen LogP contribution in [0.1, 0.15) is 22.9 Å². The molecular weight excluding hydrogens is 512 g/mol. The first-order valence-corrected chi connectivity index (χ1v) is 12.5. The summed E-state index contributed by atoms with van der Waals surface area (Å²) >= 11 is 0. The maximum absolute atomic E-state index is 13.8. The summed E-state index contributed by atoms with van der Waals surface area (Å²) in [6, 6.07) is 21.9. The maximum Gasteiger partial charge on any atom is 0.251 e. The van der Waals surface area contributed by atoms with Crippen LogP contribution in [0.3, 0.4) is 0 Å². The van der Waals surface area contributed by atoms with E-state index in [0.717, 1.165) is 5.56 Å². The third-order valence-electron chi connectivity index (χ3n) is 6.35. The SMILES string of the molecule is COc1ccc(NC(=O)C(c2ccc(OC)cc2)N(Cc2ccco2)C(=O)/C=C/c2ccc3c(c2)OCO3)cc1. The fraction of sp³-hybridized carbons (Fsp3) is 0.161. The van der Waals surface area contributed by atoms with Gasteiger partial charge in [-0.2, -0.15) is 0 Å². The number of carbonyl (C=O) groups excluding carboxylic acids is 2. The molecule has 0 aliphatic carbocycles. The molecule has 9 nitrogen and oxygen atoms in total. The lowest BCUT2D eigenvalue weighted by molar-refractivity contribution is -0.136. The van der Waals surface area contributed by atoms with Crippen LogP contribution in [0, 0.1) is 0 Å². The molecule has 0 spiro atoms. The van der Waals surface area contributed by atoms with Crippen LogP contribution in [0.25, 0.3) is 6.08 Å². The van der Waals surface area contributed by atoms with Crippen molar-refractivity contribution in [2.45, 2.75) is 12.6 Å². The second-order valence-electron chi connectivity index (χ2n) is 8.88. The van der Waals surface area contributed by atoms with Gasteiger partial charge >= 0.3 is 0 Å². The number of hydrogen-bond donors (Lipinski definition) is 1. The van der Waals surface area contributed by atoms with Gasteiger partial charge in [0.05, 0.1) is 27.0 Å². The average Bonchev–Trinajstić information content (AvgIpc) is 3.68. The van der Waals surface area contributed by atoms with E-state index in [2.05, 4.69) is 5.32 Å². The summed E-state index contributed by atoms with van der Waals surface area (Å²) in [7, 11) is 3.14. The van der Waals surface area contributed by atoms with Crippen LogP contribution in [0.15, 0.2) is 95.6 Å². The number of anilines is 1. The minimum Gasteiger partial charge on any atom is -0.497 e. The average molecular weight is 541 g/mol. The quantitative estimate of drug-likeness (QED) is 0.267. The fourth-order valence-electron chi connectivity index (χ4n) is 4.29. The van der Waals surface area contributed by atoms with E-state index in [0.29, 0.717) is 40.0 Å². The predicted molar refractivity (Wildman–Crippen MR) is 148 cm³/mol. The van der Waals surface area contributed by atoms with Crippen molar-refractivity contribution in [3.05, 3.63) is 108 Å². The van der Waals surface area contributed by atoms with Crippen molar-refractivity contribution in [3.8, 4) is 23.0 Å². The molecule has 0 fully saturated rings. The molecule has 1 aromatic heterocycles. The van der Waals surface area contributed by atoms with Gasteiger partial charge in [-0.15, -0.1) is 0 Å². The number of rotatable bonds is 10. The summed E-state index contributed by atoms with van der Waals surface area (Å²) in [5, 5.41) is 2.93. The molecule has 0 saturated carbocycles. The van der Waals surface area contributed by atoms with E-state index in [1.54, 1.807) is 93.1 Å². The van der Waals surface area contributed by atoms with Crippen molar-refractivity contribution in [2.24, 2.45) is 0 Å². The molecule has 0 saturated heterocycles. The van der Waals surface area contributed by atoms with Crippen LogP contribution in [-0.4, -0.2) is 37.7 Å². The zero-order chi connectivity index (χ0) is 27.9. The number of benzene rings is 3. The third kappa shape index (κ3) is 6.10. The Kier molecular flexibility index (Phi) is 8.01. The Labute approximate surface area is 231 Å². The number of ether oxygens (including phenoxy) is 4. The van der Waals surface area contributed by atoms with Crippen LogP contribution in [0.4, 0.5) is 5.69 Å². The molecule has 3 aromatic carbocycles. The summed E-state index contributed by atoms with van der Waals surface area (Å²) in [5.41, 5.74) is 1.91. The lowest BCUT2D eigenvalue weighted by Crippen LogP contribution is -2.40. The van der Waals surface area contributed by atoms with Crippen LogP contribution < -0.4 is 24.3 Å². The molecule has 1 atom stereocenters. The first-order chi connectivity index (χ1) is 19.5. The number of furan rings is 1. The van der Waals surface area contributed by atoms with Crippen LogP contribution in [0.5, 0.6) is 23.0 Å². The van der Waals surface area contributed by atoms with Crippen LogP contribution in [0.2, 0.25) is 0 Å². The van der Waals surface area contributed by atoms with E-state index in [1.165, 1.54) is 17.2 Å². The second kappa shape index (κ2) is 12.1. The van der Waals surface area contributed by atoms with Gasteiger partial charge in [0.1, 0.15) is 23.3 Å². The van der Waals surface area contributed by atoms with Gasteiger partial charge in [0.15, 0.2) is 11.5 Å². The molecule has 1 N–H and O–H groups in total. The topological polar surface area (TPSA) is 99.5 Å². The second-order valence-corrected chi connectivity index (χ2v) is 8.88. The number of methoxy groups -OCH3 is 2. The summed E-state index contributed by atoms with van der Waals surface area (Å²) in [4.78, 5) is 29.1. The highest BCUT2D eigenvalue weighted by Gasteiger charge is 2.31. The fourth-order valence-corrected chi connectivity index (χ4v) is 4.29. The Morgan fingerprint density at radius 3 is 2.30 bits per heavy atom. The van der Waals surface area contributed by atoms with E-state index in [1.807, 2.05) is 6.07 Å². The van der Waals surface area contributed by atoms with E-state index < -0.39 is 11.9 Å². The largest absolute Gasteiger partial charge is 0.497 e. The van der Waals surface area contributed by atoms with Gasteiger partial charge in [-0.1, -0.05) is 18.2 Å². The maximum atomic E-state index is 13.8. The first-order valence-electron chi connectivity index (χ1n) is 12.5. The number of hydrogen-bond acceptors (Lipinski definition) is 7. The number of nitrogens with one attached hydrogen (secondary N) is 1. The Balaban J connectivity index is 1.48. The third-order valence-corrected chi connectivity index (χ3v) is 6.35. The van der Waals surface area contributed by atoms with Crippen molar-refractivity contribution in [3.63, 3.8) is 0 Å². The van der Waals surface area contributed by atoms with E-state index in [-0.39, 0.29) is 19.2 Å². The highest BCUT2D eigenvalue weighted by Crippen LogP contribution is 2.33. The summed E-state index contributed by atoms with van der Waals surface area (Å²) in [6.45, 7) is 0.218. The molecule has 1 unspecified atom stereocenters. The van der Waals surface area contributed by atoms with Gasteiger partial charge in [-0.25, -0.2) is 0 Å². The number of nitrogens with zero attached hydrogens (tertiary/aromatic N) is 1. The molecule has 9 heteroatoms. The highest BCUT2D eigenvalue weighted by molar-refractivity contribution is 6.00. The molecule has 0 radical (unpaired) electrons. The van der Waals surface area contributed by atoms with Gasteiger partial charge in [0.25, 0.3) is 5.91 Å². The van der Waals surface area contributed by atoms with Gasteiger partial charge in [-0.3, -0.25) is 9.59 Å².